The van der Waals surface area contributed by atoms with Gasteiger partial charge in [-0.2, -0.15) is 0 Å². The number of hydrogen-bond acceptors (Lipinski definition) is 3. The molecule has 0 bridgehead atoms. The lowest BCUT2D eigenvalue weighted by molar-refractivity contribution is -0.135. The van der Waals surface area contributed by atoms with Gasteiger partial charge in [0.05, 0.1) is 6.04 Å². The third-order valence-corrected chi connectivity index (χ3v) is 5.85. The molecule has 0 radical (unpaired) electrons. The fraction of sp³-hybridized carbons (Fsp3) is 0.400. The Morgan fingerprint density at radius 3 is 2.26 bits per heavy atom. The van der Waals surface area contributed by atoms with E-state index in [2.05, 4.69) is 31.4 Å². The molecule has 1 saturated heterocycles. The average Bonchev–Trinajstić information content (AvgIpc) is 2.98. The van der Waals surface area contributed by atoms with Crippen molar-refractivity contribution in [2.45, 2.75) is 58.0 Å². The monoisotopic (exact) mass is 421 g/mol. The summed E-state index contributed by atoms with van der Waals surface area (Å²) in [5.74, 6) is -0.404. The highest BCUT2D eigenvalue weighted by Gasteiger charge is 2.49. The normalized spacial score (nSPS) is 19.5. The first-order valence-corrected chi connectivity index (χ1v) is 10.8. The van der Waals surface area contributed by atoms with Crippen LogP contribution in [0.5, 0.6) is 0 Å². The van der Waals surface area contributed by atoms with Gasteiger partial charge in [-0.1, -0.05) is 81.8 Å². The Bertz CT molecular complexity index is 940. The van der Waals surface area contributed by atoms with Gasteiger partial charge in [0.2, 0.25) is 5.91 Å². The smallest absolute Gasteiger partial charge is 0.325 e. The van der Waals surface area contributed by atoms with Crippen molar-refractivity contribution in [3.05, 3.63) is 71.3 Å². The molecule has 0 unspecified atom stereocenters. The topological polar surface area (TPSA) is 78.5 Å². The zero-order valence-electron chi connectivity index (χ0n) is 18.6. The van der Waals surface area contributed by atoms with Gasteiger partial charge in [-0.15, -0.1) is 0 Å². The predicted molar refractivity (Wildman–Crippen MR) is 120 cm³/mol. The summed E-state index contributed by atoms with van der Waals surface area (Å²) in [5.41, 5.74) is 1.68. The van der Waals surface area contributed by atoms with E-state index in [9.17, 15) is 14.4 Å². The average molecular weight is 422 g/mol. The van der Waals surface area contributed by atoms with E-state index in [1.807, 2.05) is 54.6 Å². The molecule has 0 aromatic heterocycles. The van der Waals surface area contributed by atoms with Gasteiger partial charge in [0.1, 0.15) is 12.1 Å². The molecule has 4 amide bonds. The number of imide groups is 1. The first kappa shape index (κ1) is 22.5. The number of rotatable bonds is 8. The van der Waals surface area contributed by atoms with E-state index in [1.165, 1.54) is 0 Å². The first-order valence-electron chi connectivity index (χ1n) is 10.8. The Balaban J connectivity index is 1.72. The van der Waals surface area contributed by atoms with Gasteiger partial charge in [-0.3, -0.25) is 14.5 Å². The van der Waals surface area contributed by atoms with Gasteiger partial charge in [0.25, 0.3) is 5.91 Å². The number of carbonyl (C=O) groups excluding carboxylic acids is 3. The summed E-state index contributed by atoms with van der Waals surface area (Å²) >= 11 is 0. The van der Waals surface area contributed by atoms with Crippen molar-refractivity contribution in [1.82, 2.24) is 15.5 Å². The van der Waals surface area contributed by atoms with Crippen molar-refractivity contribution in [2.75, 3.05) is 6.54 Å². The van der Waals surface area contributed by atoms with E-state index in [0.717, 1.165) is 28.9 Å². The number of carbonyl (C=O) groups is 3. The van der Waals surface area contributed by atoms with Crippen LogP contribution >= 0.6 is 0 Å². The molecule has 2 N–H and O–H groups in total. The molecule has 164 valence electrons. The van der Waals surface area contributed by atoms with Crippen molar-refractivity contribution in [3.8, 4) is 0 Å². The second-order valence-corrected chi connectivity index (χ2v) is 8.54. The highest BCUT2D eigenvalue weighted by atomic mass is 16.2. The Hall–Kier alpha value is -3.15. The molecule has 0 saturated carbocycles. The molecule has 2 aromatic rings. The van der Waals surface area contributed by atoms with Gasteiger partial charge in [-0.05, 0) is 36.0 Å². The molecular formula is C25H31N3O3. The van der Waals surface area contributed by atoms with Crippen LogP contribution in [0.25, 0.3) is 0 Å². The third kappa shape index (κ3) is 4.79. The van der Waals surface area contributed by atoms with Crippen molar-refractivity contribution < 1.29 is 14.4 Å². The minimum atomic E-state index is -1.19. The van der Waals surface area contributed by atoms with Crippen LogP contribution in [0.3, 0.4) is 0 Å². The molecule has 6 heteroatoms. The number of urea groups is 1. The fourth-order valence-electron chi connectivity index (χ4n) is 3.92. The van der Waals surface area contributed by atoms with Gasteiger partial charge in [0.15, 0.2) is 0 Å². The molecule has 0 spiro atoms. The summed E-state index contributed by atoms with van der Waals surface area (Å²) in [6.45, 7) is 7.62. The van der Waals surface area contributed by atoms with Crippen LogP contribution in [0.15, 0.2) is 54.6 Å². The highest BCUT2D eigenvalue weighted by molar-refractivity contribution is 6.09. The standard InChI is InChI=1S/C25H31N3O3/c1-5-9-21(19-10-7-6-8-11-19)26-22(29)16-28-23(30)25(4,27-24(28)31)20-14-12-18(13-15-20)17(2)3/h6-8,10-15,17,21H,5,9,16H2,1-4H3,(H,26,29)(H,27,31)/t21-,25+/m0/s1. The molecule has 3 rings (SSSR count). The zero-order chi connectivity index (χ0) is 22.6. The summed E-state index contributed by atoms with van der Waals surface area (Å²) in [6.07, 6.45) is 1.67. The Morgan fingerprint density at radius 2 is 1.68 bits per heavy atom. The van der Waals surface area contributed by atoms with Crippen LogP contribution in [-0.4, -0.2) is 29.3 Å². The molecule has 31 heavy (non-hydrogen) atoms. The number of amides is 4. The third-order valence-electron chi connectivity index (χ3n) is 5.85. The maximum atomic E-state index is 13.1. The van der Waals surface area contributed by atoms with E-state index in [-0.39, 0.29) is 18.5 Å². The number of benzene rings is 2. The van der Waals surface area contributed by atoms with Gasteiger partial charge in [-0.25, -0.2) is 4.79 Å². The van der Waals surface area contributed by atoms with Crippen LogP contribution in [0.4, 0.5) is 4.79 Å². The zero-order valence-corrected chi connectivity index (χ0v) is 18.6. The van der Waals surface area contributed by atoms with Crippen molar-refractivity contribution in [2.24, 2.45) is 0 Å². The van der Waals surface area contributed by atoms with Crippen LogP contribution in [0, 0.1) is 0 Å². The molecule has 6 nitrogen and oxygen atoms in total. The molecule has 1 fully saturated rings. The molecular weight excluding hydrogens is 390 g/mol. The lowest BCUT2D eigenvalue weighted by Gasteiger charge is -2.23. The maximum absolute atomic E-state index is 13.1. The van der Waals surface area contributed by atoms with Crippen LogP contribution in [0.2, 0.25) is 0 Å². The summed E-state index contributed by atoms with van der Waals surface area (Å²) in [5, 5.41) is 5.74. The number of nitrogens with one attached hydrogen (secondary N) is 2. The fourth-order valence-corrected chi connectivity index (χ4v) is 3.92. The Morgan fingerprint density at radius 1 is 1.03 bits per heavy atom. The number of hydrogen-bond donors (Lipinski definition) is 2. The van der Waals surface area contributed by atoms with E-state index in [4.69, 9.17) is 0 Å². The minimum absolute atomic E-state index is 0.158. The molecule has 0 aliphatic carbocycles. The maximum Gasteiger partial charge on any atom is 0.325 e. The minimum Gasteiger partial charge on any atom is -0.348 e. The Labute approximate surface area is 184 Å². The lowest BCUT2D eigenvalue weighted by atomic mass is 9.90. The summed E-state index contributed by atoms with van der Waals surface area (Å²) in [6, 6.07) is 16.7. The van der Waals surface area contributed by atoms with Gasteiger partial charge in [0, 0.05) is 0 Å². The van der Waals surface area contributed by atoms with Crippen LogP contribution in [-0.2, 0) is 15.1 Å². The number of nitrogens with zero attached hydrogens (tertiary/aromatic N) is 1. The van der Waals surface area contributed by atoms with Crippen molar-refractivity contribution in [3.63, 3.8) is 0 Å². The summed E-state index contributed by atoms with van der Waals surface area (Å²) in [7, 11) is 0. The van der Waals surface area contributed by atoms with E-state index in [1.54, 1.807) is 6.92 Å². The Kier molecular flexibility index (Phi) is 6.78. The quantitative estimate of drug-likeness (QED) is 0.626. The molecule has 1 aliphatic rings. The largest absolute Gasteiger partial charge is 0.348 e. The second-order valence-electron chi connectivity index (χ2n) is 8.54. The summed E-state index contributed by atoms with van der Waals surface area (Å²) < 4.78 is 0. The lowest BCUT2D eigenvalue weighted by Crippen LogP contribution is -2.43. The van der Waals surface area contributed by atoms with Crippen LogP contribution in [0.1, 0.15) is 69.2 Å². The summed E-state index contributed by atoms with van der Waals surface area (Å²) in [4.78, 5) is 39.4. The molecule has 1 aliphatic heterocycles. The second kappa shape index (κ2) is 9.33. The molecule has 1 heterocycles. The highest BCUT2D eigenvalue weighted by Crippen LogP contribution is 2.30. The van der Waals surface area contributed by atoms with E-state index < -0.39 is 17.5 Å². The van der Waals surface area contributed by atoms with Crippen molar-refractivity contribution in [1.29, 1.82) is 0 Å². The van der Waals surface area contributed by atoms with E-state index in [0.29, 0.717) is 11.5 Å². The first-order chi connectivity index (χ1) is 14.8. The van der Waals surface area contributed by atoms with Gasteiger partial charge >= 0.3 is 6.03 Å². The predicted octanol–water partition coefficient (Wildman–Crippen LogP) is 4.23. The van der Waals surface area contributed by atoms with Crippen LogP contribution < -0.4 is 10.6 Å². The molecule has 2 aromatic carbocycles. The van der Waals surface area contributed by atoms with E-state index >= 15 is 0 Å². The van der Waals surface area contributed by atoms with Crippen molar-refractivity contribution >= 4 is 17.8 Å². The van der Waals surface area contributed by atoms with Gasteiger partial charge < -0.3 is 10.6 Å². The molecule has 2 atom stereocenters. The SMILES string of the molecule is CCC[C@H](NC(=O)CN1C(=O)N[C@](C)(c2ccc(C(C)C)cc2)C1=O)c1ccccc1.